The van der Waals surface area contributed by atoms with Crippen LogP contribution in [-0.4, -0.2) is 17.7 Å². The van der Waals surface area contributed by atoms with Crippen molar-refractivity contribution in [3.05, 3.63) is 58.6 Å². The Morgan fingerprint density at radius 3 is 1.95 bits per heavy atom. The lowest BCUT2D eigenvalue weighted by Gasteiger charge is -2.10. The molecule has 22 heavy (non-hydrogen) atoms. The highest BCUT2D eigenvalue weighted by molar-refractivity contribution is 5.61. The molecule has 0 saturated heterocycles. The predicted molar refractivity (Wildman–Crippen MR) is 74.4 cm³/mol. The van der Waals surface area contributed by atoms with Gasteiger partial charge in [-0.05, 0) is 36.4 Å². The van der Waals surface area contributed by atoms with Crippen LogP contribution >= 0.6 is 0 Å². The number of hydrogen-bond acceptors (Lipinski definition) is 4. The van der Waals surface area contributed by atoms with Crippen molar-refractivity contribution < 1.29 is 22.8 Å². The Morgan fingerprint density at radius 1 is 1.00 bits per heavy atom. The minimum atomic E-state index is -4.38. The molecule has 8 heteroatoms. The van der Waals surface area contributed by atoms with E-state index in [4.69, 9.17) is 0 Å². The third-order valence-corrected chi connectivity index (χ3v) is 2.62. The molecule has 0 spiro atoms. The molecule has 0 bridgehead atoms. The Bertz CT molecular complexity index is 640. The molecule has 0 aliphatic heterocycles. The lowest BCUT2D eigenvalue weighted by atomic mass is 10.2. The molecule has 0 aliphatic carbocycles. The fourth-order valence-corrected chi connectivity index (χ4v) is 1.63. The van der Waals surface area contributed by atoms with Crippen molar-refractivity contribution >= 4 is 17.1 Å². The quantitative estimate of drug-likeness (QED) is 0.661. The number of nitrogens with one attached hydrogen (secondary N) is 1. The van der Waals surface area contributed by atoms with Gasteiger partial charge >= 0.3 is 6.18 Å². The summed E-state index contributed by atoms with van der Waals surface area (Å²) in [4.78, 5) is 10.0. The fraction of sp³-hybridized carbons (Fsp3) is 0.143. The normalized spacial score (nSPS) is 11.0. The van der Waals surface area contributed by atoms with Crippen LogP contribution in [0.2, 0.25) is 0 Å². The largest absolute Gasteiger partial charge is 0.484 e. The van der Waals surface area contributed by atoms with E-state index >= 15 is 0 Å². The van der Waals surface area contributed by atoms with Gasteiger partial charge in [0.25, 0.3) is 5.69 Å². The van der Waals surface area contributed by atoms with Gasteiger partial charge in [-0.3, -0.25) is 10.1 Å². The van der Waals surface area contributed by atoms with E-state index in [1.54, 1.807) is 12.1 Å². The summed E-state index contributed by atoms with van der Waals surface area (Å²) in [5.74, 6) is 0.103. The van der Waals surface area contributed by atoms with Gasteiger partial charge in [-0.25, -0.2) is 0 Å². The molecule has 0 aliphatic rings. The molecule has 0 atom stereocenters. The zero-order valence-corrected chi connectivity index (χ0v) is 11.1. The number of nitro groups is 1. The maximum Gasteiger partial charge on any atom is 0.422 e. The van der Waals surface area contributed by atoms with Crippen LogP contribution in [0.3, 0.4) is 0 Å². The summed E-state index contributed by atoms with van der Waals surface area (Å²) in [5, 5.41) is 13.5. The van der Waals surface area contributed by atoms with Crippen LogP contribution in [0, 0.1) is 10.1 Å². The second kappa shape index (κ2) is 6.33. The molecule has 2 aromatic rings. The Balaban J connectivity index is 1.97. The number of anilines is 2. The first-order chi connectivity index (χ1) is 10.3. The number of rotatable bonds is 5. The number of non-ortho nitro benzene ring substituents is 1. The molecule has 0 aromatic heterocycles. The van der Waals surface area contributed by atoms with E-state index in [0.29, 0.717) is 11.4 Å². The summed E-state index contributed by atoms with van der Waals surface area (Å²) in [6.07, 6.45) is -4.38. The summed E-state index contributed by atoms with van der Waals surface area (Å²) < 4.78 is 40.6. The molecule has 0 unspecified atom stereocenters. The number of nitrogens with zero attached hydrogens (tertiary/aromatic N) is 1. The predicted octanol–water partition coefficient (Wildman–Crippen LogP) is 4.28. The maximum absolute atomic E-state index is 12.0. The van der Waals surface area contributed by atoms with Gasteiger partial charge in [0.1, 0.15) is 5.75 Å². The van der Waals surface area contributed by atoms with Gasteiger partial charge in [0.15, 0.2) is 6.61 Å². The van der Waals surface area contributed by atoms with Crippen LogP contribution in [0.5, 0.6) is 5.75 Å². The number of hydrogen-bond donors (Lipinski definition) is 1. The monoisotopic (exact) mass is 312 g/mol. The Hall–Kier alpha value is -2.77. The van der Waals surface area contributed by atoms with Gasteiger partial charge in [-0.15, -0.1) is 0 Å². The first kappa shape index (κ1) is 15.6. The smallest absolute Gasteiger partial charge is 0.422 e. The minimum absolute atomic E-state index is 0.0264. The Labute approximate surface area is 123 Å². The average molecular weight is 312 g/mol. The number of halogens is 3. The van der Waals surface area contributed by atoms with E-state index < -0.39 is 17.7 Å². The van der Waals surface area contributed by atoms with Crippen LogP contribution in [0.25, 0.3) is 0 Å². The van der Waals surface area contributed by atoms with E-state index in [1.807, 2.05) is 0 Å². The van der Waals surface area contributed by atoms with Crippen molar-refractivity contribution in [1.82, 2.24) is 0 Å². The molecule has 1 N–H and O–H groups in total. The Kier molecular flexibility index (Phi) is 4.50. The SMILES string of the molecule is O=[N+]([O-])c1ccc(Nc2ccc(OCC(F)(F)F)cc2)cc1. The summed E-state index contributed by atoms with van der Waals surface area (Å²) in [6.45, 7) is -1.35. The molecule has 0 amide bonds. The number of nitro benzene ring substituents is 1. The van der Waals surface area contributed by atoms with Gasteiger partial charge in [0.05, 0.1) is 4.92 Å². The fourth-order valence-electron chi connectivity index (χ4n) is 1.63. The van der Waals surface area contributed by atoms with E-state index in [2.05, 4.69) is 10.1 Å². The third-order valence-electron chi connectivity index (χ3n) is 2.62. The van der Waals surface area contributed by atoms with Crippen LogP contribution < -0.4 is 10.1 Å². The topological polar surface area (TPSA) is 64.4 Å². The van der Waals surface area contributed by atoms with Crippen molar-refractivity contribution in [2.24, 2.45) is 0 Å². The first-order valence-electron chi connectivity index (χ1n) is 6.14. The first-order valence-corrected chi connectivity index (χ1v) is 6.14. The van der Waals surface area contributed by atoms with Gasteiger partial charge in [0, 0.05) is 23.5 Å². The van der Waals surface area contributed by atoms with E-state index in [-0.39, 0.29) is 11.4 Å². The van der Waals surface area contributed by atoms with Gasteiger partial charge in [0.2, 0.25) is 0 Å². The second-order valence-electron chi connectivity index (χ2n) is 4.36. The summed E-state index contributed by atoms with van der Waals surface area (Å²) in [6, 6.07) is 11.7. The van der Waals surface area contributed by atoms with Crippen LogP contribution in [0.15, 0.2) is 48.5 Å². The molecule has 5 nitrogen and oxygen atoms in total. The van der Waals surface area contributed by atoms with Crippen LogP contribution in [-0.2, 0) is 0 Å². The highest BCUT2D eigenvalue weighted by Crippen LogP contribution is 2.23. The lowest BCUT2D eigenvalue weighted by Crippen LogP contribution is -2.19. The molecule has 2 aromatic carbocycles. The highest BCUT2D eigenvalue weighted by atomic mass is 19.4. The molecule has 116 valence electrons. The Morgan fingerprint density at radius 2 is 1.50 bits per heavy atom. The maximum atomic E-state index is 12.0. The summed E-state index contributed by atoms with van der Waals surface area (Å²) >= 11 is 0. The van der Waals surface area contributed by atoms with Crippen molar-refractivity contribution in [1.29, 1.82) is 0 Å². The van der Waals surface area contributed by atoms with E-state index in [0.717, 1.165) is 0 Å². The van der Waals surface area contributed by atoms with Gasteiger partial charge in [-0.2, -0.15) is 13.2 Å². The zero-order chi connectivity index (χ0) is 16.2. The second-order valence-corrected chi connectivity index (χ2v) is 4.36. The molecule has 0 saturated carbocycles. The highest BCUT2D eigenvalue weighted by Gasteiger charge is 2.28. The van der Waals surface area contributed by atoms with E-state index in [1.165, 1.54) is 36.4 Å². The zero-order valence-electron chi connectivity index (χ0n) is 11.1. The van der Waals surface area contributed by atoms with Gasteiger partial charge < -0.3 is 10.1 Å². The molecular formula is C14H11F3N2O3. The van der Waals surface area contributed by atoms with Crippen molar-refractivity contribution in [3.8, 4) is 5.75 Å². The molecule has 2 rings (SSSR count). The minimum Gasteiger partial charge on any atom is -0.484 e. The number of ether oxygens (including phenoxy) is 1. The average Bonchev–Trinajstić information content (AvgIpc) is 2.46. The van der Waals surface area contributed by atoms with Crippen LogP contribution in [0.1, 0.15) is 0 Å². The van der Waals surface area contributed by atoms with Gasteiger partial charge in [-0.1, -0.05) is 0 Å². The number of alkyl halides is 3. The molecule has 0 radical (unpaired) electrons. The van der Waals surface area contributed by atoms with Crippen LogP contribution in [0.4, 0.5) is 30.2 Å². The molecule has 0 heterocycles. The number of benzene rings is 2. The van der Waals surface area contributed by atoms with Crippen molar-refractivity contribution in [3.63, 3.8) is 0 Å². The summed E-state index contributed by atoms with van der Waals surface area (Å²) in [5.41, 5.74) is 1.21. The summed E-state index contributed by atoms with van der Waals surface area (Å²) in [7, 11) is 0. The molecule has 0 fully saturated rings. The molecular weight excluding hydrogens is 301 g/mol. The lowest BCUT2D eigenvalue weighted by molar-refractivity contribution is -0.384. The van der Waals surface area contributed by atoms with Crippen molar-refractivity contribution in [2.45, 2.75) is 6.18 Å². The van der Waals surface area contributed by atoms with E-state index in [9.17, 15) is 23.3 Å². The van der Waals surface area contributed by atoms with Crippen molar-refractivity contribution in [2.75, 3.05) is 11.9 Å². The standard InChI is InChI=1S/C14H11F3N2O3/c15-14(16,17)9-22-13-7-3-11(4-8-13)18-10-1-5-12(6-2-10)19(20)21/h1-8,18H,9H2. The third kappa shape index (κ3) is 4.65.